The molecule has 0 aliphatic carbocycles. The molecule has 5 heteroatoms. The van der Waals surface area contributed by atoms with E-state index in [-0.39, 0.29) is 17.4 Å². The van der Waals surface area contributed by atoms with Crippen molar-refractivity contribution in [1.29, 1.82) is 0 Å². The van der Waals surface area contributed by atoms with E-state index in [1.165, 1.54) is 5.56 Å². The zero-order valence-corrected chi connectivity index (χ0v) is 16.1. The Morgan fingerprint density at radius 2 is 1.80 bits per heavy atom. The Balaban J connectivity index is 1.82. The van der Waals surface area contributed by atoms with Gasteiger partial charge in [0.25, 0.3) is 5.91 Å². The number of fused-ring (bicyclic) bond motifs is 1. The summed E-state index contributed by atoms with van der Waals surface area (Å²) in [5, 5.41) is 8.65. The first-order chi connectivity index (χ1) is 11.7. The molecular formula is C20H28N4O. The standard InChI is InChI=1S/C20H28N4O/c1-13(2)18-22-21-17-12-23(11-14(3)24(17)18)19(25)15-7-9-16(10-8-15)20(4,5)6/h7-10,13-14H,11-12H2,1-6H3/t14-/m0/s1. The molecule has 1 aromatic heterocycles. The van der Waals surface area contributed by atoms with Gasteiger partial charge in [0.2, 0.25) is 0 Å². The third-order valence-electron chi connectivity index (χ3n) is 4.85. The van der Waals surface area contributed by atoms with E-state index in [4.69, 9.17) is 0 Å². The van der Waals surface area contributed by atoms with Gasteiger partial charge in [-0.05, 0) is 30.0 Å². The summed E-state index contributed by atoms with van der Waals surface area (Å²) in [4.78, 5) is 14.8. The second kappa shape index (κ2) is 6.28. The molecule has 1 aliphatic heterocycles. The largest absolute Gasteiger partial charge is 0.329 e. The summed E-state index contributed by atoms with van der Waals surface area (Å²) < 4.78 is 2.19. The lowest BCUT2D eigenvalue weighted by Gasteiger charge is -2.33. The van der Waals surface area contributed by atoms with Crippen LogP contribution >= 0.6 is 0 Å². The Bertz CT molecular complexity index is 768. The highest BCUT2D eigenvalue weighted by atomic mass is 16.2. The number of carbonyl (C=O) groups excluding carboxylic acids is 1. The van der Waals surface area contributed by atoms with Gasteiger partial charge in [0.15, 0.2) is 5.82 Å². The van der Waals surface area contributed by atoms with Crippen LogP contribution in [0, 0.1) is 0 Å². The van der Waals surface area contributed by atoms with Crippen LogP contribution in [-0.4, -0.2) is 32.1 Å². The van der Waals surface area contributed by atoms with Gasteiger partial charge in [-0.3, -0.25) is 4.79 Å². The molecule has 0 saturated carbocycles. The van der Waals surface area contributed by atoms with Crippen molar-refractivity contribution in [2.24, 2.45) is 0 Å². The van der Waals surface area contributed by atoms with Crippen molar-refractivity contribution >= 4 is 5.91 Å². The Hall–Kier alpha value is -2.17. The summed E-state index contributed by atoms with van der Waals surface area (Å²) in [6, 6.07) is 8.17. The van der Waals surface area contributed by atoms with E-state index in [1.807, 2.05) is 17.0 Å². The Kier molecular flexibility index (Phi) is 4.43. The van der Waals surface area contributed by atoms with Gasteiger partial charge in [0.1, 0.15) is 5.82 Å². The fourth-order valence-electron chi connectivity index (χ4n) is 3.41. The van der Waals surface area contributed by atoms with Crippen LogP contribution in [0.4, 0.5) is 0 Å². The highest BCUT2D eigenvalue weighted by molar-refractivity contribution is 5.94. The molecule has 5 nitrogen and oxygen atoms in total. The van der Waals surface area contributed by atoms with Crippen molar-refractivity contribution in [2.75, 3.05) is 6.54 Å². The Labute approximate surface area is 150 Å². The van der Waals surface area contributed by atoms with E-state index >= 15 is 0 Å². The lowest BCUT2D eigenvalue weighted by Crippen LogP contribution is -2.40. The Morgan fingerprint density at radius 3 is 2.36 bits per heavy atom. The average molecular weight is 340 g/mol. The number of rotatable bonds is 2. The number of carbonyl (C=O) groups is 1. The molecule has 0 N–H and O–H groups in total. The second-order valence-corrected chi connectivity index (χ2v) is 8.36. The average Bonchev–Trinajstić information content (AvgIpc) is 2.98. The van der Waals surface area contributed by atoms with Crippen molar-refractivity contribution in [1.82, 2.24) is 19.7 Å². The van der Waals surface area contributed by atoms with Gasteiger partial charge in [0, 0.05) is 18.0 Å². The lowest BCUT2D eigenvalue weighted by atomic mass is 9.86. The van der Waals surface area contributed by atoms with Gasteiger partial charge in [-0.1, -0.05) is 46.8 Å². The molecule has 0 fully saturated rings. The lowest BCUT2D eigenvalue weighted by molar-refractivity contribution is 0.0679. The molecule has 134 valence electrons. The molecule has 3 rings (SSSR count). The van der Waals surface area contributed by atoms with Crippen LogP contribution in [0.3, 0.4) is 0 Å². The van der Waals surface area contributed by atoms with Crippen molar-refractivity contribution in [3.05, 3.63) is 47.0 Å². The SMILES string of the molecule is CC(C)c1nnc2n1[C@@H](C)CN(C(=O)c1ccc(C(C)(C)C)cc1)C2. The molecule has 2 heterocycles. The molecule has 2 aromatic rings. The smallest absolute Gasteiger partial charge is 0.254 e. The van der Waals surface area contributed by atoms with Crippen molar-refractivity contribution in [3.8, 4) is 0 Å². The van der Waals surface area contributed by atoms with Crippen LogP contribution in [0.5, 0.6) is 0 Å². The number of nitrogens with zero attached hydrogens (tertiary/aromatic N) is 4. The molecule has 1 aliphatic rings. The van der Waals surface area contributed by atoms with Gasteiger partial charge in [-0.25, -0.2) is 0 Å². The molecule has 1 amide bonds. The molecule has 0 spiro atoms. The van der Waals surface area contributed by atoms with Crippen LogP contribution < -0.4 is 0 Å². The third kappa shape index (κ3) is 3.32. The van der Waals surface area contributed by atoms with Gasteiger partial charge in [-0.2, -0.15) is 0 Å². The topological polar surface area (TPSA) is 51.0 Å². The first kappa shape index (κ1) is 17.6. The number of amides is 1. The summed E-state index contributed by atoms with van der Waals surface area (Å²) in [5.41, 5.74) is 2.06. The maximum Gasteiger partial charge on any atom is 0.254 e. The normalized spacial score (nSPS) is 17.7. The molecule has 0 unspecified atom stereocenters. The summed E-state index contributed by atoms with van der Waals surface area (Å²) in [7, 11) is 0. The maximum atomic E-state index is 12.9. The van der Waals surface area contributed by atoms with Crippen LogP contribution in [0.25, 0.3) is 0 Å². The number of hydrogen-bond acceptors (Lipinski definition) is 3. The minimum absolute atomic E-state index is 0.0626. The minimum Gasteiger partial charge on any atom is -0.329 e. The van der Waals surface area contributed by atoms with Crippen LogP contribution in [0.15, 0.2) is 24.3 Å². The summed E-state index contributed by atoms with van der Waals surface area (Å²) >= 11 is 0. The molecule has 0 saturated heterocycles. The predicted octanol–water partition coefficient (Wildman–Crippen LogP) is 3.92. The first-order valence-corrected chi connectivity index (χ1v) is 9.02. The van der Waals surface area contributed by atoms with Gasteiger partial charge >= 0.3 is 0 Å². The Morgan fingerprint density at radius 1 is 1.16 bits per heavy atom. The van der Waals surface area contributed by atoms with Gasteiger partial charge < -0.3 is 9.47 Å². The molecule has 1 atom stereocenters. The van der Waals surface area contributed by atoms with Gasteiger partial charge in [0.05, 0.1) is 12.6 Å². The third-order valence-corrected chi connectivity index (χ3v) is 4.85. The van der Waals surface area contributed by atoms with Crippen LogP contribution in [0.1, 0.15) is 81.1 Å². The second-order valence-electron chi connectivity index (χ2n) is 8.36. The van der Waals surface area contributed by atoms with E-state index in [1.54, 1.807) is 0 Å². The summed E-state index contributed by atoms with van der Waals surface area (Å²) in [5.74, 6) is 2.27. The van der Waals surface area contributed by atoms with E-state index in [0.717, 1.165) is 17.2 Å². The monoisotopic (exact) mass is 340 g/mol. The quantitative estimate of drug-likeness (QED) is 0.833. The van der Waals surface area contributed by atoms with Crippen LogP contribution in [-0.2, 0) is 12.0 Å². The summed E-state index contributed by atoms with van der Waals surface area (Å²) in [6.45, 7) is 14.1. The van der Waals surface area contributed by atoms with Gasteiger partial charge in [-0.15, -0.1) is 10.2 Å². The maximum absolute atomic E-state index is 12.9. The first-order valence-electron chi connectivity index (χ1n) is 9.02. The fraction of sp³-hybridized carbons (Fsp3) is 0.550. The molecule has 25 heavy (non-hydrogen) atoms. The highest BCUT2D eigenvalue weighted by Gasteiger charge is 2.30. The summed E-state index contributed by atoms with van der Waals surface area (Å²) in [6.07, 6.45) is 0. The predicted molar refractivity (Wildman–Crippen MR) is 98.7 cm³/mol. The molecule has 0 radical (unpaired) electrons. The van der Waals surface area contributed by atoms with E-state index in [2.05, 4.69) is 68.4 Å². The minimum atomic E-state index is 0.0626. The van der Waals surface area contributed by atoms with Crippen molar-refractivity contribution in [3.63, 3.8) is 0 Å². The van der Waals surface area contributed by atoms with Crippen molar-refractivity contribution in [2.45, 2.75) is 65.5 Å². The van der Waals surface area contributed by atoms with E-state index in [0.29, 0.717) is 19.0 Å². The number of benzene rings is 1. The van der Waals surface area contributed by atoms with E-state index < -0.39 is 0 Å². The molecule has 0 bridgehead atoms. The van der Waals surface area contributed by atoms with E-state index in [9.17, 15) is 4.79 Å². The number of hydrogen-bond donors (Lipinski definition) is 0. The van der Waals surface area contributed by atoms with Crippen molar-refractivity contribution < 1.29 is 4.79 Å². The fourth-order valence-corrected chi connectivity index (χ4v) is 3.41. The van der Waals surface area contributed by atoms with Crippen LogP contribution in [0.2, 0.25) is 0 Å². The number of aromatic nitrogens is 3. The zero-order valence-electron chi connectivity index (χ0n) is 16.1. The molecule has 1 aromatic carbocycles. The molecular weight excluding hydrogens is 312 g/mol. The highest BCUT2D eigenvalue weighted by Crippen LogP contribution is 2.27. The zero-order chi connectivity index (χ0) is 18.4.